The zero-order valence-electron chi connectivity index (χ0n) is 8.11. The number of nitrogens with zero attached hydrogens (tertiary/aromatic N) is 1. The Labute approximate surface area is 81.4 Å². The average molecular weight is 199 g/mol. The summed E-state index contributed by atoms with van der Waals surface area (Å²) in [6, 6.07) is 0. The molecule has 0 aliphatic carbocycles. The number of nitrogens with one attached hydrogen (secondary N) is 1. The van der Waals surface area contributed by atoms with Gasteiger partial charge in [0.2, 0.25) is 11.8 Å². The van der Waals surface area contributed by atoms with E-state index in [1.54, 1.807) is 13.8 Å². The molecular weight excluding hydrogens is 186 g/mol. The van der Waals surface area contributed by atoms with Crippen LogP contribution in [0.3, 0.4) is 0 Å². The van der Waals surface area contributed by atoms with E-state index in [2.05, 4.69) is 0 Å². The lowest BCUT2D eigenvalue weighted by molar-refractivity contribution is -0.143. The van der Waals surface area contributed by atoms with Crippen molar-refractivity contribution in [2.24, 2.45) is 17.7 Å². The lowest BCUT2D eigenvalue weighted by Crippen LogP contribution is -2.43. The molecule has 1 fully saturated rings. The number of carbonyl (C=O) groups is 3. The summed E-state index contributed by atoms with van der Waals surface area (Å²) in [6.07, 6.45) is 0. The van der Waals surface area contributed by atoms with Gasteiger partial charge in [-0.15, -0.1) is 0 Å². The normalized spacial score (nSPS) is 26.9. The van der Waals surface area contributed by atoms with Gasteiger partial charge in [0.25, 0.3) is 5.91 Å². The van der Waals surface area contributed by atoms with Crippen molar-refractivity contribution in [3.63, 3.8) is 0 Å². The van der Waals surface area contributed by atoms with Crippen molar-refractivity contribution in [3.8, 4) is 0 Å². The van der Waals surface area contributed by atoms with E-state index in [4.69, 9.17) is 5.84 Å². The van der Waals surface area contributed by atoms with E-state index in [9.17, 15) is 14.4 Å². The lowest BCUT2D eigenvalue weighted by Gasteiger charge is -2.12. The second-order valence-electron chi connectivity index (χ2n) is 3.41. The number of carbonyl (C=O) groups excluding carboxylic acids is 3. The summed E-state index contributed by atoms with van der Waals surface area (Å²) < 4.78 is 0. The van der Waals surface area contributed by atoms with Crippen LogP contribution in [0.2, 0.25) is 0 Å². The van der Waals surface area contributed by atoms with Gasteiger partial charge in [-0.3, -0.25) is 24.7 Å². The minimum Gasteiger partial charge on any atom is -0.293 e. The van der Waals surface area contributed by atoms with Crippen molar-refractivity contribution in [1.29, 1.82) is 0 Å². The molecule has 78 valence electrons. The van der Waals surface area contributed by atoms with Gasteiger partial charge >= 0.3 is 0 Å². The largest absolute Gasteiger partial charge is 0.293 e. The Balaban J connectivity index is 2.75. The average Bonchev–Trinajstić information content (AvgIpc) is 2.35. The SMILES string of the molecule is CC1C(=O)N(CC(=O)NN)C(=O)C1C. The molecule has 0 spiro atoms. The van der Waals surface area contributed by atoms with Crippen LogP contribution in [0.1, 0.15) is 13.8 Å². The maximum atomic E-state index is 11.5. The second kappa shape index (κ2) is 3.75. The van der Waals surface area contributed by atoms with Gasteiger partial charge in [-0.05, 0) is 0 Å². The molecule has 2 atom stereocenters. The Hall–Kier alpha value is -1.43. The van der Waals surface area contributed by atoms with E-state index in [0.29, 0.717) is 0 Å². The molecular formula is C8H13N3O3. The number of amides is 3. The topological polar surface area (TPSA) is 92.5 Å². The molecule has 3 N–H and O–H groups in total. The molecule has 1 rings (SSSR count). The number of likely N-dealkylation sites (tertiary alicyclic amines) is 1. The Bertz CT molecular complexity index is 270. The van der Waals surface area contributed by atoms with E-state index < -0.39 is 5.91 Å². The zero-order valence-corrected chi connectivity index (χ0v) is 8.11. The molecule has 1 aliphatic rings. The Kier molecular flexibility index (Phi) is 2.85. The standard InChI is InChI=1S/C8H13N3O3/c1-4-5(2)8(14)11(7(4)13)3-6(12)10-9/h4-5H,3,9H2,1-2H3,(H,10,12). The number of imide groups is 1. The Morgan fingerprint density at radius 3 is 2.14 bits per heavy atom. The molecule has 0 aromatic carbocycles. The maximum absolute atomic E-state index is 11.5. The molecule has 0 saturated carbocycles. The maximum Gasteiger partial charge on any atom is 0.254 e. The van der Waals surface area contributed by atoms with Crippen molar-refractivity contribution in [1.82, 2.24) is 10.3 Å². The Morgan fingerprint density at radius 2 is 1.79 bits per heavy atom. The molecule has 6 heteroatoms. The third-order valence-corrected chi connectivity index (χ3v) is 2.52. The number of hydrogen-bond acceptors (Lipinski definition) is 4. The van der Waals surface area contributed by atoms with Gasteiger partial charge in [0.05, 0.1) is 0 Å². The van der Waals surface area contributed by atoms with E-state index in [1.165, 1.54) is 0 Å². The van der Waals surface area contributed by atoms with Crippen molar-refractivity contribution >= 4 is 17.7 Å². The van der Waals surface area contributed by atoms with Crippen molar-refractivity contribution in [3.05, 3.63) is 0 Å². The van der Waals surface area contributed by atoms with E-state index >= 15 is 0 Å². The molecule has 0 aromatic rings. The summed E-state index contributed by atoms with van der Waals surface area (Å²) in [5, 5.41) is 0. The highest BCUT2D eigenvalue weighted by Gasteiger charge is 2.42. The molecule has 1 aliphatic heterocycles. The fourth-order valence-corrected chi connectivity index (χ4v) is 1.37. The molecule has 1 heterocycles. The molecule has 14 heavy (non-hydrogen) atoms. The number of hydrogen-bond donors (Lipinski definition) is 2. The molecule has 0 radical (unpaired) electrons. The molecule has 6 nitrogen and oxygen atoms in total. The number of rotatable bonds is 2. The van der Waals surface area contributed by atoms with Gasteiger partial charge in [-0.2, -0.15) is 0 Å². The Morgan fingerprint density at radius 1 is 1.36 bits per heavy atom. The van der Waals surface area contributed by atoms with Gasteiger partial charge in [0.15, 0.2) is 0 Å². The van der Waals surface area contributed by atoms with Crippen LogP contribution in [0.4, 0.5) is 0 Å². The molecule has 0 bridgehead atoms. The van der Waals surface area contributed by atoms with Crippen LogP contribution in [-0.2, 0) is 14.4 Å². The van der Waals surface area contributed by atoms with E-state index in [-0.39, 0.29) is 30.2 Å². The molecule has 2 unspecified atom stereocenters. The highest BCUT2D eigenvalue weighted by Crippen LogP contribution is 2.24. The van der Waals surface area contributed by atoms with Crippen LogP contribution in [0.25, 0.3) is 0 Å². The van der Waals surface area contributed by atoms with Gasteiger partial charge in [0.1, 0.15) is 6.54 Å². The van der Waals surface area contributed by atoms with Crippen LogP contribution in [0, 0.1) is 11.8 Å². The van der Waals surface area contributed by atoms with Crippen molar-refractivity contribution < 1.29 is 14.4 Å². The first-order valence-corrected chi connectivity index (χ1v) is 4.33. The smallest absolute Gasteiger partial charge is 0.254 e. The summed E-state index contributed by atoms with van der Waals surface area (Å²) >= 11 is 0. The number of hydrazine groups is 1. The van der Waals surface area contributed by atoms with Crippen LogP contribution in [-0.4, -0.2) is 29.2 Å². The molecule has 0 aromatic heterocycles. The van der Waals surface area contributed by atoms with E-state index in [0.717, 1.165) is 4.90 Å². The van der Waals surface area contributed by atoms with Crippen LogP contribution in [0.15, 0.2) is 0 Å². The first kappa shape index (κ1) is 10.6. The van der Waals surface area contributed by atoms with E-state index in [1.807, 2.05) is 5.43 Å². The van der Waals surface area contributed by atoms with Gasteiger partial charge in [-0.1, -0.05) is 13.8 Å². The van der Waals surface area contributed by atoms with Gasteiger partial charge in [0, 0.05) is 11.8 Å². The van der Waals surface area contributed by atoms with Gasteiger partial charge in [-0.25, -0.2) is 5.84 Å². The van der Waals surface area contributed by atoms with Gasteiger partial charge < -0.3 is 0 Å². The highest BCUT2D eigenvalue weighted by molar-refractivity contribution is 6.06. The number of nitrogens with two attached hydrogens (primary N) is 1. The fraction of sp³-hybridized carbons (Fsp3) is 0.625. The predicted octanol–water partition coefficient (Wildman–Crippen LogP) is -1.38. The van der Waals surface area contributed by atoms with Crippen LogP contribution >= 0.6 is 0 Å². The minimum atomic E-state index is -0.548. The van der Waals surface area contributed by atoms with Crippen LogP contribution in [0.5, 0.6) is 0 Å². The summed E-state index contributed by atoms with van der Waals surface area (Å²) in [5.74, 6) is 2.98. The van der Waals surface area contributed by atoms with Crippen molar-refractivity contribution in [2.75, 3.05) is 6.54 Å². The van der Waals surface area contributed by atoms with Crippen LogP contribution < -0.4 is 11.3 Å². The third-order valence-electron chi connectivity index (χ3n) is 2.52. The third kappa shape index (κ3) is 1.60. The summed E-state index contributed by atoms with van der Waals surface area (Å²) in [6.45, 7) is 3.05. The summed E-state index contributed by atoms with van der Waals surface area (Å²) in [5.41, 5.74) is 1.88. The first-order chi connectivity index (χ1) is 6.49. The fourth-order valence-electron chi connectivity index (χ4n) is 1.37. The molecule has 3 amide bonds. The summed E-state index contributed by atoms with van der Waals surface area (Å²) in [4.78, 5) is 34.8. The lowest BCUT2D eigenvalue weighted by atomic mass is 10.00. The highest BCUT2D eigenvalue weighted by atomic mass is 16.2. The summed E-state index contributed by atoms with van der Waals surface area (Å²) in [7, 11) is 0. The zero-order chi connectivity index (χ0) is 10.9. The van der Waals surface area contributed by atoms with Crippen molar-refractivity contribution in [2.45, 2.75) is 13.8 Å². The second-order valence-corrected chi connectivity index (χ2v) is 3.41. The predicted molar refractivity (Wildman–Crippen MR) is 47.4 cm³/mol. The quantitative estimate of drug-likeness (QED) is 0.248. The molecule has 1 saturated heterocycles. The minimum absolute atomic E-state index is 0.289. The monoisotopic (exact) mass is 199 g/mol. The first-order valence-electron chi connectivity index (χ1n) is 4.33.